The number of carbonyl (C=O) groups excluding carboxylic acids is 3. The van der Waals surface area contributed by atoms with Crippen molar-refractivity contribution in [2.45, 2.75) is 12.5 Å². The summed E-state index contributed by atoms with van der Waals surface area (Å²) in [6.45, 7) is 0. The van der Waals surface area contributed by atoms with Crippen molar-refractivity contribution >= 4 is 29.7 Å². The zero-order valence-electron chi connectivity index (χ0n) is 12.2. The smallest absolute Gasteiger partial charge is 0.345 e. The molecule has 1 unspecified atom stereocenters. The molecule has 2 rings (SSSR count). The summed E-state index contributed by atoms with van der Waals surface area (Å²) in [5.41, 5.74) is 0.170. The molecule has 9 heteroatoms. The van der Waals surface area contributed by atoms with Crippen LogP contribution in [-0.4, -0.2) is 46.0 Å². The van der Waals surface area contributed by atoms with Crippen molar-refractivity contribution in [2.24, 2.45) is 0 Å². The number of carboxylic acids is 2. The Hall–Kier alpha value is -3.49. The van der Waals surface area contributed by atoms with Crippen molar-refractivity contribution in [2.75, 3.05) is 0 Å². The third-order valence-corrected chi connectivity index (χ3v) is 2.53. The van der Waals surface area contributed by atoms with Gasteiger partial charge in [0.1, 0.15) is 0 Å². The first-order chi connectivity index (χ1) is 11.3. The average Bonchev–Trinajstić information content (AvgIpc) is 2.90. The SMILES string of the molecule is O=C(O)CC(OC(=O)c1ccccc1)C(=O)O.O=C1C=CC(=O)N1. The fraction of sp³-hybridized carbons (Fsp3) is 0.133. The third-order valence-electron chi connectivity index (χ3n) is 2.53. The van der Waals surface area contributed by atoms with Gasteiger partial charge in [0.2, 0.25) is 6.10 Å². The molecule has 1 heterocycles. The molecule has 3 N–H and O–H groups in total. The second-order valence-corrected chi connectivity index (χ2v) is 4.38. The van der Waals surface area contributed by atoms with E-state index in [-0.39, 0.29) is 17.4 Å². The third kappa shape index (κ3) is 6.52. The van der Waals surface area contributed by atoms with Crippen LogP contribution in [0.2, 0.25) is 0 Å². The van der Waals surface area contributed by atoms with Crippen LogP contribution in [-0.2, 0) is 23.9 Å². The molecule has 0 radical (unpaired) electrons. The molecule has 1 aromatic carbocycles. The van der Waals surface area contributed by atoms with E-state index in [4.69, 9.17) is 10.2 Å². The highest BCUT2D eigenvalue weighted by atomic mass is 16.6. The minimum absolute atomic E-state index is 0.170. The number of hydrogen-bond donors (Lipinski definition) is 3. The maximum atomic E-state index is 11.5. The van der Waals surface area contributed by atoms with Crippen LogP contribution in [0.4, 0.5) is 0 Å². The quantitative estimate of drug-likeness (QED) is 0.502. The van der Waals surface area contributed by atoms with E-state index in [0.717, 1.165) is 0 Å². The number of amides is 2. The first-order valence-corrected chi connectivity index (χ1v) is 6.53. The fourth-order valence-electron chi connectivity index (χ4n) is 1.47. The van der Waals surface area contributed by atoms with Crippen molar-refractivity contribution < 1.29 is 38.9 Å². The minimum Gasteiger partial charge on any atom is -0.481 e. The molecule has 24 heavy (non-hydrogen) atoms. The molecule has 2 amide bonds. The molecule has 0 saturated carbocycles. The fourth-order valence-corrected chi connectivity index (χ4v) is 1.47. The maximum absolute atomic E-state index is 11.5. The van der Waals surface area contributed by atoms with Crippen molar-refractivity contribution in [3.05, 3.63) is 48.0 Å². The maximum Gasteiger partial charge on any atom is 0.345 e. The van der Waals surface area contributed by atoms with E-state index < -0.39 is 30.4 Å². The standard InChI is InChI=1S/C11H10O6.C4H3NO2/c12-9(13)6-8(10(14)15)17-11(16)7-4-2-1-3-5-7;6-3-1-2-4(7)5-3/h1-5,8H,6H2,(H,12,13)(H,14,15);1-2H,(H,5,6,7). The van der Waals surface area contributed by atoms with Gasteiger partial charge in [0.15, 0.2) is 0 Å². The molecule has 1 aliphatic rings. The van der Waals surface area contributed by atoms with Gasteiger partial charge in [0.25, 0.3) is 11.8 Å². The predicted octanol–water partition coefficient (Wildman–Crippen LogP) is -0.0297. The Morgan fingerprint density at radius 3 is 1.92 bits per heavy atom. The van der Waals surface area contributed by atoms with Gasteiger partial charge < -0.3 is 14.9 Å². The number of aliphatic carboxylic acids is 2. The number of rotatable bonds is 5. The molecule has 1 aromatic rings. The Balaban J connectivity index is 0.000000341. The minimum atomic E-state index is -1.68. The summed E-state index contributed by atoms with van der Waals surface area (Å²) in [6, 6.07) is 7.75. The van der Waals surface area contributed by atoms with Gasteiger partial charge in [0.05, 0.1) is 12.0 Å². The molecule has 0 bridgehead atoms. The Morgan fingerprint density at radius 2 is 1.54 bits per heavy atom. The summed E-state index contributed by atoms with van der Waals surface area (Å²) in [4.78, 5) is 52.6. The first kappa shape index (κ1) is 18.6. The highest BCUT2D eigenvalue weighted by Crippen LogP contribution is 2.06. The molecule has 9 nitrogen and oxygen atoms in total. The van der Waals surface area contributed by atoms with E-state index in [1.807, 2.05) is 5.32 Å². The zero-order chi connectivity index (χ0) is 18.1. The van der Waals surface area contributed by atoms with Crippen molar-refractivity contribution in [3.8, 4) is 0 Å². The van der Waals surface area contributed by atoms with Crippen LogP contribution in [0, 0.1) is 0 Å². The summed E-state index contributed by atoms with van der Waals surface area (Å²) in [7, 11) is 0. The number of imide groups is 1. The zero-order valence-corrected chi connectivity index (χ0v) is 12.2. The lowest BCUT2D eigenvalue weighted by molar-refractivity contribution is -0.153. The van der Waals surface area contributed by atoms with Gasteiger partial charge in [0, 0.05) is 12.2 Å². The van der Waals surface area contributed by atoms with E-state index >= 15 is 0 Å². The topological polar surface area (TPSA) is 147 Å². The van der Waals surface area contributed by atoms with Crippen LogP contribution < -0.4 is 5.32 Å². The Morgan fingerprint density at radius 1 is 1.00 bits per heavy atom. The van der Waals surface area contributed by atoms with Crippen LogP contribution >= 0.6 is 0 Å². The van der Waals surface area contributed by atoms with Crippen molar-refractivity contribution in [1.82, 2.24) is 5.32 Å². The molecular weight excluding hydrogens is 322 g/mol. The lowest BCUT2D eigenvalue weighted by atomic mass is 10.2. The van der Waals surface area contributed by atoms with E-state index in [1.165, 1.54) is 24.3 Å². The summed E-state index contributed by atoms with van der Waals surface area (Å²) in [5, 5.41) is 19.2. The summed E-state index contributed by atoms with van der Waals surface area (Å²) >= 11 is 0. The number of carboxylic acid groups (broad SMARTS) is 2. The van der Waals surface area contributed by atoms with Gasteiger partial charge in [-0.05, 0) is 12.1 Å². The number of benzene rings is 1. The van der Waals surface area contributed by atoms with Crippen LogP contribution in [0.1, 0.15) is 16.8 Å². The van der Waals surface area contributed by atoms with Gasteiger partial charge >= 0.3 is 17.9 Å². The molecule has 0 aromatic heterocycles. The van der Waals surface area contributed by atoms with E-state index in [9.17, 15) is 24.0 Å². The number of carbonyl (C=O) groups is 5. The van der Waals surface area contributed by atoms with Crippen molar-refractivity contribution in [1.29, 1.82) is 0 Å². The van der Waals surface area contributed by atoms with Gasteiger partial charge in [-0.1, -0.05) is 18.2 Å². The number of nitrogens with one attached hydrogen (secondary N) is 1. The Labute approximate surface area is 135 Å². The molecular formula is C15H13NO8. The Kier molecular flexibility index (Phi) is 6.83. The molecule has 0 spiro atoms. The van der Waals surface area contributed by atoms with Gasteiger partial charge in [-0.25, -0.2) is 9.59 Å². The van der Waals surface area contributed by atoms with Gasteiger partial charge in [-0.15, -0.1) is 0 Å². The summed E-state index contributed by atoms with van der Waals surface area (Å²) in [5.74, 6) is -4.36. The van der Waals surface area contributed by atoms with Crippen LogP contribution in [0.15, 0.2) is 42.5 Å². The highest BCUT2D eigenvalue weighted by Gasteiger charge is 2.25. The number of esters is 1. The van der Waals surface area contributed by atoms with Crippen molar-refractivity contribution in [3.63, 3.8) is 0 Å². The van der Waals surface area contributed by atoms with Crippen LogP contribution in [0.5, 0.6) is 0 Å². The predicted molar refractivity (Wildman–Crippen MR) is 77.8 cm³/mol. The molecule has 0 saturated heterocycles. The second-order valence-electron chi connectivity index (χ2n) is 4.38. The molecule has 0 aliphatic carbocycles. The van der Waals surface area contributed by atoms with E-state index in [1.54, 1.807) is 18.2 Å². The number of hydrogen-bond acceptors (Lipinski definition) is 6. The lowest BCUT2D eigenvalue weighted by Gasteiger charge is -2.11. The van der Waals surface area contributed by atoms with Crippen LogP contribution in [0.3, 0.4) is 0 Å². The average molecular weight is 335 g/mol. The molecule has 1 aliphatic heterocycles. The van der Waals surface area contributed by atoms with Crippen LogP contribution in [0.25, 0.3) is 0 Å². The van der Waals surface area contributed by atoms with E-state index in [2.05, 4.69) is 4.74 Å². The summed E-state index contributed by atoms with van der Waals surface area (Å²) in [6.07, 6.45) is -0.0568. The summed E-state index contributed by atoms with van der Waals surface area (Å²) < 4.78 is 4.59. The lowest BCUT2D eigenvalue weighted by Crippen LogP contribution is -2.29. The monoisotopic (exact) mass is 335 g/mol. The molecule has 126 valence electrons. The number of ether oxygens (including phenoxy) is 1. The highest BCUT2D eigenvalue weighted by molar-refractivity contribution is 6.12. The molecule has 1 atom stereocenters. The largest absolute Gasteiger partial charge is 0.481 e. The second kappa shape index (κ2) is 8.83. The first-order valence-electron chi connectivity index (χ1n) is 6.53. The van der Waals surface area contributed by atoms with Gasteiger partial charge in [-0.2, -0.15) is 0 Å². The normalized spacial score (nSPS) is 13.3. The van der Waals surface area contributed by atoms with Gasteiger partial charge in [-0.3, -0.25) is 19.7 Å². The Bertz CT molecular complexity index is 664. The molecule has 0 fully saturated rings. The van der Waals surface area contributed by atoms with E-state index in [0.29, 0.717) is 0 Å².